The molecule has 0 unspecified atom stereocenters. The first-order valence-corrected chi connectivity index (χ1v) is 10.1. The summed E-state index contributed by atoms with van der Waals surface area (Å²) in [4.78, 5) is 11.1. The SMILES string of the molecule is CCNC(=NCCOc1cccnc1)NC1CCN(c2cccs2)CC1.I. The molecule has 0 spiro atoms. The number of nitrogens with zero attached hydrogens (tertiary/aromatic N) is 3. The number of anilines is 1. The predicted octanol–water partition coefficient (Wildman–Crippen LogP) is 3.36. The fourth-order valence-corrected chi connectivity index (χ4v) is 3.75. The minimum atomic E-state index is 0. The van der Waals surface area contributed by atoms with E-state index < -0.39 is 0 Å². The van der Waals surface area contributed by atoms with Crippen molar-refractivity contribution in [3.05, 3.63) is 42.0 Å². The molecule has 0 amide bonds. The topological polar surface area (TPSA) is 61.8 Å². The van der Waals surface area contributed by atoms with Crippen LogP contribution in [-0.4, -0.2) is 49.8 Å². The number of aliphatic imine (C=N–C) groups is 1. The molecule has 1 fully saturated rings. The van der Waals surface area contributed by atoms with Gasteiger partial charge in [-0.25, -0.2) is 4.99 Å². The van der Waals surface area contributed by atoms with Gasteiger partial charge < -0.3 is 20.3 Å². The van der Waals surface area contributed by atoms with Crippen molar-refractivity contribution in [2.24, 2.45) is 4.99 Å². The van der Waals surface area contributed by atoms with E-state index in [1.165, 1.54) is 5.00 Å². The summed E-state index contributed by atoms with van der Waals surface area (Å²) in [5, 5.41) is 10.4. The smallest absolute Gasteiger partial charge is 0.191 e. The normalized spacial score (nSPS) is 15.1. The zero-order valence-corrected chi connectivity index (χ0v) is 18.8. The lowest BCUT2D eigenvalue weighted by atomic mass is 10.1. The average Bonchev–Trinajstić information content (AvgIpc) is 3.21. The number of nitrogens with one attached hydrogen (secondary N) is 2. The van der Waals surface area contributed by atoms with Gasteiger partial charge in [-0.1, -0.05) is 0 Å². The first-order valence-electron chi connectivity index (χ1n) is 9.21. The molecular weight excluding hydrogens is 473 g/mol. The Morgan fingerprint density at radius 1 is 1.33 bits per heavy atom. The first-order chi connectivity index (χ1) is 12.8. The summed E-state index contributed by atoms with van der Waals surface area (Å²) in [6.07, 6.45) is 5.69. The third-order valence-corrected chi connectivity index (χ3v) is 5.19. The minimum absolute atomic E-state index is 0. The predicted molar refractivity (Wildman–Crippen MR) is 124 cm³/mol. The summed E-state index contributed by atoms with van der Waals surface area (Å²) in [7, 11) is 0. The molecule has 0 aliphatic carbocycles. The monoisotopic (exact) mass is 501 g/mol. The molecule has 6 nitrogen and oxygen atoms in total. The number of pyridine rings is 1. The van der Waals surface area contributed by atoms with Crippen molar-refractivity contribution < 1.29 is 4.74 Å². The molecule has 1 saturated heterocycles. The molecular formula is C19H28IN5OS. The van der Waals surface area contributed by atoms with Crippen LogP contribution in [0.25, 0.3) is 0 Å². The van der Waals surface area contributed by atoms with Crippen LogP contribution in [0.1, 0.15) is 19.8 Å². The zero-order chi connectivity index (χ0) is 18.0. The van der Waals surface area contributed by atoms with E-state index in [1.807, 2.05) is 23.5 Å². The molecule has 0 saturated carbocycles. The van der Waals surface area contributed by atoms with Gasteiger partial charge in [-0.05, 0) is 49.4 Å². The number of thiophene rings is 1. The van der Waals surface area contributed by atoms with E-state index in [0.717, 1.165) is 44.2 Å². The van der Waals surface area contributed by atoms with Crippen LogP contribution in [0.4, 0.5) is 5.00 Å². The highest BCUT2D eigenvalue weighted by molar-refractivity contribution is 14.0. The number of aromatic nitrogens is 1. The van der Waals surface area contributed by atoms with Gasteiger partial charge in [-0.15, -0.1) is 35.3 Å². The van der Waals surface area contributed by atoms with E-state index in [-0.39, 0.29) is 24.0 Å². The molecule has 27 heavy (non-hydrogen) atoms. The van der Waals surface area contributed by atoms with Crippen LogP contribution in [0.15, 0.2) is 47.0 Å². The molecule has 2 aromatic rings. The molecule has 0 aromatic carbocycles. The molecule has 2 N–H and O–H groups in total. The summed E-state index contributed by atoms with van der Waals surface area (Å²) in [6, 6.07) is 8.55. The Labute approximate surface area is 182 Å². The molecule has 1 aliphatic heterocycles. The third kappa shape index (κ3) is 7.17. The van der Waals surface area contributed by atoms with Crippen molar-refractivity contribution in [1.29, 1.82) is 0 Å². The second-order valence-electron chi connectivity index (χ2n) is 6.15. The van der Waals surface area contributed by atoms with Crippen LogP contribution < -0.4 is 20.3 Å². The second kappa shape index (κ2) is 12.0. The van der Waals surface area contributed by atoms with Crippen molar-refractivity contribution in [3.8, 4) is 5.75 Å². The zero-order valence-electron chi connectivity index (χ0n) is 15.6. The Bertz CT molecular complexity index is 660. The van der Waals surface area contributed by atoms with Crippen LogP contribution in [-0.2, 0) is 0 Å². The lowest BCUT2D eigenvalue weighted by molar-refractivity contribution is 0.327. The Kier molecular flexibility index (Phi) is 9.68. The van der Waals surface area contributed by atoms with E-state index in [1.54, 1.807) is 12.4 Å². The van der Waals surface area contributed by atoms with Gasteiger partial charge in [0.2, 0.25) is 0 Å². The van der Waals surface area contributed by atoms with Gasteiger partial charge in [0.25, 0.3) is 0 Å². The summed E-state index contributed by atoms with van der Waals surface area (Å²) in [5.41, 5.74) is 0. The standard InChI is InChI=1S/C19H27N5OS.HI/c1-2-21-19(22-10-13-25-17-5-3-9-20-15-17)23-16-7-11-24(12-8-16)18-6-4-14-26-18;/h3-6,9,14-16H,2,7-8,10-13H2,1H3,(H2,21,22,23);1H. The summed E-state index contributed by atoms with van der Waals surface area (Å²) < 4.78 is 5.65. The number of guanidine groups is 1. The molecule has 3 heterocycles. The highest BCUT2D eigenvalue weighted by Gasteiger charge is 2.20. The maximum Gasteiger partial charge on any atom is 0.191 e. The Hall–Kier alpha value is -1.55. The summed E-state index contributed by atoms with van der Waals surface area (Å²) in [5.74, 6) is 1.65. The molecule has 2 aromatic heterocycles. The highest BCUT2D eigenvalue weighted by atomic mass is 127. The van der Waals surface area contributed by atoms with Gasteiger partial charge in [0.05, 0.1) is 17.7 Å². The number of ether oxygens (including phenoxy) is 1. The van der Waals surface area contributed by atoms with E-state index >= 15 is 0 Å². The van der Waals surface area contributed by atoms with Gasteiger partial charge in [-0.3, -0.25) is 4.98 Å². The molecule has 1 aliphatic rings. The number of hydrogen-bond acceptors (Lipinski definition) is 5. The molecule has 0 bridgehead atoms. The third-order valence-electron chi connectivity index (χ3n) is 4.26. The van der Waals surface area contributed by atoms with Crippen LogP contribution in [0.5, 0.6) is 5.75 Å². The Morgan fingerprint density at radius 2 is 2.19 bits per heavy atom. The van der Waals surface area contributed by atoms with E-state index in [4.69, 9.17) is 4.74 Å². The van der Waals surface area contributed by atoms with Crippen LogP contribution in [0.3, 0.4) is 0 Å². The van der Waals surface area contributed by atoms with Gasteiger partial charge in [0.1, 0.15) is 12.4 Å². The number of piperidine rings is 1. The van der Waals surface area contributed by atoms with Crippen molar-refractivity contribution in [1.82, 2.24) is 15.6 Å². The van der Waals surface area contributed by atoms with Crippen LogP contribution in [0.2, 0.25) is 0 Å². The quantitative estimate of drug-likeness (QED) is 0.264. The van der Waals surface area contributed by atoms with E-state index in [2.05, 4.69) is 49.9 Å². The average molecular weight is 501 g/mol. The van der Waals surface area contributed by atoms with Gasteiger partial charge >= 0.3 is 0 Å². The molecule has 8 heteroatoms. The van der Waals surface area contributed by atoms with Gasteiger partial charge in [0.15, 0.2) is 5.96 Å². The van der Waals surface area contributed by atoms with Crippen molar-refractivity contribution in [2.45, 2.75) is 25.8 Å². The maximum atomic E-state index is 5.65. The van der Waals surface area contributed by atoms with E-state index in [0.29, 0.717) is 19.2 Å². The highest BCUT2D eigenvalue weighted by Crippen LogP contribution is 2.24. The lowest BCUT2D eigenvalue weighted by Gasteiger charge is -2.33. The first kappa shape index (κ1) is 21.7. The minimum Gasteiger partial charge on any atom is -0.490 e. The number of hydrogen-bond donors (Lipinski definition) is 2. The summed E-state index contributed by atoms with van der Waals surface area (Å²) >= 11 is 1.82. The van der Waals surface area contributed by atoms with Gasteiger partial charge in [-0.2, -0.15) is 0 Å². The lowest BCUT2D eigenvalue weighted by Crippen LogP contribution is -2.48. The molecule has 148 valence electrons. The van der Waals surface area contributed by atoms with Crippen molar-refractivity contribution >= 4 is 46.3 Å². The van der Waals surface area contributed by atoms with Gasteiger partial charge in [0, 0.05) is 31.9 Å². The van der Waals surface area contributed by atoms with Crippen LogP contribution >= 0.6 is 35.3 Å². The van der Waals surface area contributed by atoms with E-state index in [9.17, 15) is 0 Å². The fraction of sp³-hybridized carbons (Fsp3) is 0.474. The number of halogens is 1. The Morgan fingerprint density at radius 3 is 2.85 bits per heavy atom. The van der Waals surface area contributed by atoms with Crippen molar-refractivity contribution in [3.63, 3.8) is 0 Å². The fourth-order valence-electron chi connectivity index (χ4n) is 2.96. The maximum absolute atomic E-state index is 5.65. The second-order valence-corrected chi connectivity index (χ2v) is 7.08. The Balaban J connectivity index is 0.00000261. The largest absolute Gasteiger partial charge is 0.490 e. The van der Waals surface area contributed by atoms with Crippen molar-refractivity contribution in [2.75, 3.05) is 37.7 Å². The molecule has 3 rings (SSSR count). The van der Waals surface area contributed by atoms with Crippen LogP contribution in [0, 0.1) is 0 Å². The number of rotatable bonds is 7. The molecule has 0 radical (unpaired) electrons. The molecule has 0 atom stereocenters. The summed E-state index contributed by atoms with van der Waals surface area (Å²) in [6.45, 7) is 6.26.